The number of carboxylic acids is 1. The molecule has 2 atom stereocenters. The quantitative estimate of drug-likeness (QED) is 0.807. The largest absolute Gasteiger partial charge is 0.480 e. The van der Waals surface area contributed by atoms with E-state index >= 15 is 0 Å². The highest BCUT2D eigenvalue weighted by atomic mass is 35.5. The highest BCUT2D eigenvalue weighted by molar-refractivity contribution is 5.92. The lowest BCUT2D eigenvalue weighted by molar-refractivity contribution is -0.142. The summed E-state index contributed by atoms with van der Waals surface area (Å²) in [5.74, 6) is -0.664. The molecule has 0 saturated heterocycles. The Morgan fingerprint density at radius 1 is 1.23 bits per heavy atom. The molecular formula is C16H25ClN2O3. The third-order valence-electron chi connectivity index (χ3n) is 3.79. The second-order valence-corrected chi connectivity index (χ2v) is 5.41. The molecule has 0 radical (unpaired) electrons. The summed E-state index contributed by atoms with van der Waals surface area (Å²) in [5.41, 5.74) is 1.97. The zero-order valence-corrected chi connectivity index (χ0v) is 14.3. The molecule has 0 saturated carbocycles. The lowest BCUT2D eigenvalue weighted by atomic mass is 9.99. The van der Waals surface area contributed by atoms with Crippen LogP contribution < -0.4 is 5.32 Å². The highest BCUT2D eigenvalue weighted by Crippen LogP contribution is 2.20. The summed E-state index contributed by atoms with van der Waals surface area (Å²) in [6.07, 6.45) is 1.07. The Labute approximate surface area is 138 Å². The first-order valence-corrected chi connectivity index (χ1v) is 7.18. The first-order valence-electron chi connectivity index (χ1n) is 7.18. The SMILES string of the molecule is CCC(C)c1ccc(NC(=O)CN(C)C(C)C(=O)O)cc1.Cl. The van der Waals surface area contributed by atoms with Crippen molar-refractivity contribution in [3.05, 3.63) is 29.8 Å². The van der Waals surface area contributed by atoms with E-state index in [1.165, 1.54) is 10.5 Å². The maximum atomic E-state index is 11.9. The van der Waals surface area contributed by atoms with Crippen LogP contribution in [0.15, 0.2) is 24.3 Å². The molecule has 1 rings (SSSR count). The van der Waals surface area contributed by atoms with Crippen molar-refractivity contribution in [1.82, 2.24) is 4.90 Å². The average molecular weight is 329 g/mol. The number of carbonyl (C=O) groups is 2. The van der Waals surface area contributed by atoms with Gasteiger partial charge in [-0.2, -0.15) is 0 Å². The van der Waals surface area contributed by atoms with Crippen molar-refractivity contribution in [3.63, 3.8) is 0 Å². The van der Waals surface area contributed by atoms with Crippen molar-refractivity contribution in [2.75, 3.05) is 18.9 Å². The Bertz CT molecular complexity index is 491. The average Bonchev–Trinajstić information content (AvgIpc) is 2.46. The molecule has 0 aromatic heterocycles. The normalized spacial score (nSPS) is 13.1. The van der Waals surface area contributed by atoms with Crippen LogP contribution in [0.1, 0.15) is 38.7 Å². The first kappa shape index (κ1) is 20.4. The van der Waals surface area contributed by atoms with Crippen LogP contribution in [-0.2, 0) is 9.59 Å². The fraction of sp³-hybridized carbons (Fsp3) is 0.500. The number of rotatable bonds is 7. The van der Waals surface area contributed by atoms with Crippen LogP contribution in [0.3, 0.4) is 0 Å². The maximum Gasteiger partial charge on any atom is 0.320 e. The van der Waals surface area contributed by atoms with Gasteiger partial charge in [-0.15, -0.1) is 12.4 Å². The summed E-state index contributed by atoms with van der Waals surface area (Å²) in [6, 6.07) is 7.07. The van der Waals surface area contributed by atoms with Crippen LogP contribution >= 0.6 is 12.4 Å². The number of nitrogens with one attached hydrogen (secondary N) is 1. The van der Waals surface area contributed by atoms with Crippen molar-refractivity contribution in [3.8, 4) is 0 Å². The molecule has 0 fully saturated rings. The Hall–Kier alpha value is -1.59. The molecule has 0 bridgehead atoms. The zero-order chi connectivity index (χ0) is 16.0. The third-order valence-corrected chi connectivity index (χ3v) is 3.79. The molecule has 0 aliphatic carbocycles. The molecular weight excluding hydrogens is 304 g/mol. The molecule has 22 heavy (non-hydrogen) atoms. The minimum absolute atomic E-state index is 0. The third kappa shape index (κ3) is 6.03. The Morgan fingerprint density at radius 3 is 2.23 bits per heavy atom. The fourth-order valence-electron chi connectivity index (χ4n) is 1.88. The van der Waals surface area contributed by atoms with Crippen molar-refractivity contribution < 1.29 is 14.7 Å². The Morgan fingerprint density at radius 2 is 1.77 bits per heavy atom. The smallest absolute Gasteiger partial charge is 0.320 e. The number of likely N-dealkylation sites (N-methyl/N-ethyl adjacent to an activating group) is 1. The van der Waals surface area contributed by atoms with Crippen molar-refractivity contribution in [2.24, 2.45) is 0 Å². The van der Waals surface area contributed by atoms with E-state index < -0.39 is 12.0 Å². The van der Waals surface area contributed by atoms with Crippen LogP contribution in [0.5, 0.6) is 0 Å². The summed E-state index contributed by atoms with van der Waals surface area (Å²) < 4.78 is 0. The lowest BCUT2D eigenvalue weighted by Gasteiger charge is -2.20. The van der Waals surface area contributed by atoms with Gasteiger partial charge in [0.05, 0.1) is 6.54 Å². The maximum absolute atomic E-state index is 11.9. The van der Waals surface area contributed by atoms with Gasteiger partial charge >= 0.3 is 5.97 Å². The number of nitrogens with zero attached hydrogens (tertiary/aromatic N) is 1. The van der Waals surface area contributed by atoms with Gasteiger partial charge in [-0.1, -0.05) is 26.0 Å². The molecule has 0 spiro atoms. The molecule has 0 aliphatic heterocycles. The van der Waals surface area contributed by atoms with Gasteiger partial charge in [-0.3, -0.25) is 14.5 Å². The second-order valence-electron chi connectivity index (χ2n) is 5.41. The molecule has 124 valence electrons. The van der Waals surface area contributed by atoms with E-state index in [4.69, 9.17) is 5.11 Å². The summed E-state index contributed by atoms with van der Waals surface area (Å²) in [5, 5.41) is 11.7. The topological polar surface area (TPSA) is 69.6 Å². The van der Waals surface area contributed by atoms with E-state index in [2.05, 4.69) is 19.2 Å². The second kappa shape index (κ2) is 9.43. The zero-order valence-electron chi connectivity index (χ0n) is 13.5. The minimum atomic E-state index is -0.941. The van der Waals surface area contributed by atoms with Gasteiger partial charge in [0.1, 0.15) is 6.04 Å². The van der Waals surface area contributed by atoms with E-state index in [1.807, 2.05) is 24.3 Å². The fourth-order valence-corrected chi connectivity index (χ4v) is 1.88. The standard InChI is InChI=1S/C16H24N2O3.ClH/c1-5-11(2)13-6-8-14(9-7-13)17-15(19)10-18(4)12(3)16(20)21;/h6-9,11-12H,5,10H2,1-4H3,(H,17,19)(H,20,21);1H. The molecule has 1 aromatic rings. The predicted molar refractivity (Wildman–Crippen MR) is 90.8 cm³/mol. The lowest BCUT2D eigenvalue weighted by Crippen LogP contribution is -2.40. The van der Waals surface area contributed by atoms with E-state index in [1.54, 1.807) is 14.0 Å². The Kier molecular flexibility index (Phi) is 8.75. The van der Waals surface area contributed by atoms with E-state index in [0.29, 0.717) is 5.92 Å². The summed E-state index contributed by atoms with van der Waals surface area (Å²) in [7, 11) is 1.62. The number of amides is 1. The predicted octanol–water partition coefficient (Wildman–Crippen LogP) is 2.97. The first-order chi connectivity index (χ1) is 9.85. The summed E-state index contributed by atoms with van der Waals surface area (Å²) >= 11 is 0. The van der Waals surface area contributed by atoms with Gasteiger partial charge in [0.2, 0.25) is 5.91 Å². The highest BCUT2D eigenvalue weighted by Gasteiger charge is 2.19. The van der Waals surface area contributed by atoms with Gasteiger partial charge in [0, 0.05) is 5.69 Å². The van der Waals surface area contributed by atoms with Gasteiger partial charge in [-0.05, 0) is 44.0 Å². The van der Waals surface area contributed by atoms with E-state index in [0.717, 1.165) is 12.1 Å². The van der Waals surface area contributed by atoms with Crippen molar-refractivity contribution >= 4 is 30.0 Å². The number of aliphatic carboxylic acids is 1. The van der Waals surface area contributed by atoms with Crippen LogP contribution in [0.4, 0.5) is 5.69 Å². The minimum Gasteiger partial charge on any atom is -0.480 e. The molecule has 2 N–H and O–H groups in total. The number of hydrogen-bond acceptors (Lipinski definition) is 3. The van der Waals surface area contributed by atoms with Gasteiger partial charge in [0.15, 0.2) is 0 Å². The Balaban J connectivity index is 0.00000441. The molecule has 0 aliphatic rings. The van der Waals surface area contributed by atoms with E-state index in [9.17, 15) is 9.59 Å². The number of anilines is 1. The molecule has 6 heteroatoms. The molecule has 1 amide bonds. The van der Waals surface area contributed by atoms with Crippen molar-refractivity contribution in [2.45, 2.75) is 39.2 Å². The molecule has 2 unspecified atom stereocenters. The van der Waals surface area contributed by atoms with E-state index in [-0.39, 0.29) is 24.9 Å². The van der Waals surface area contributed by atoms with Gasteiger partial charge < -0.3 is 10.4 Å². The van der Waals surface area contributed by atoms with Crippen molar-refractivity contribution in [1.29, 1.82) is 0 Å². The number of hydrogen-bond donors (Lipinski definition) is 2. The molecule has 0 heterocycles. The molecule has 5 nitrogen and oxygen atoms in total. The summed E-state index contributed by atoms with van der Waals surface area (Å²) in [4.78, 5) is 24.2. The number of carbonyl (C=O) groups excluding carboxylic acids is 1. The molecule has 1 aromatic carbocycles. The summed E-state index contributed by atoms with van der Waals surface area (Å²) in [6.45, 7) is 5.90. The van der Waals surface area contributed by atoms with Crippen LogP contribution in [0.2, 0.25) is 0 Å². The monoisotopic (exact) mass is 328 g/mol. The van der Waals surface area contributed by atoms with Gasteiger partial charge in [-0.25, -0.2) is 0 Å². The number of carboxylic acid groups (broad SMARTS) is 1. The van der Waals surface area contributed by atoms with Crippen LogP contribution in [0, 0.1) is 0 Å². The van der Waals surface area contributed by atoms with Crippen LogP contribution in [0.25, 0.3) is 0 Å². The number of halogens is 1. The number of benzene rings is 1. The van der Waals surface area contributed by atoms with Crippen LogP contribution in [-0.4, -0.2) is 41.5 Å². The van der Waals surface area contributed by atoms with Gasteiger partial charge in [0.25, 0.3) is 0 Å².